The summed E-state index contributed by atoms with van der Waals surface area (Å²) in [6.45, 7) is 3.26. The fourth-order valence-electron chi connectivity index (χ4n) is 3.50. The molecule has 1 aliphatic heterocycles. The molecular weight excluding hydrogens is 428 g/mol. The zero-order valence-corrected chi connectivity index (χ0v) is 19.1. The number of anilines is 1. The average Bonchev–Trinajstić information content (AvgIpc) is 3.07. The van der Waals surface area contributed by atoms with Crippen LogP contribution in [0.4, 0.5) is 5.13 Å². The number of aromatic nitrogens is 1. The third-order valence-corrected chi connectivity index (χ3v) is 7.97. The number of nitrogens with one attached hydrogen (secondary N) is 1. The Morgan fingerprint density at radius 2 is 1.68 bits per heavy atom. The Labute approximate surface area is 187 Å². The average molecular weight is 455 g/mol. The summed E-state index contributed by atoms with van der Waals surface area (Å²) in [7, 11) is -3.44. The fraction of sp³-hybridized carbons (Fsp3) is 0.304. The zero-order chi connectivity index (χ0) is 21.7. The summed E-state index contributed by atoms with van der Waals surface area (Å²) >= 11 is 1.45. The van der Waals surface area contributed by atoms with Crippen LogP contribution in [0.15, 0.2) is 63.9 Å². The number of benzene rings is 2. The van der Waals surface area contributed by atoms with Gasteiger partial charge in [-0.15, -0.1) is 11.3 Å². The van der Waals surface area contributed by atoms with Gasteiger partial charge in [0.1, 0.15) is 0 Å². The molecule has 2 heterocycles. The first-order valence-corrected chi connectivity index (χ1v) is 12.8. The maximum atomic E-state index is 12.9. The Morgan fingerprint density at radius 3 is 2.35 bits per heavy atom. The van der Waals surface area contributed by atoms with Gasteiger partial charge in [0.15, 0.2) is 0 Å². The van der Waals surface area contributed by atoms with Crippen molar-refractivity contribution in [3.63, 3.8) is 0 Å². The van der Waals surface area contributed by atoms with Crippen molar-refractivity contribution >= 4 is 32.7 Å². The van der Waals surface area contributed by atoms with Gasteiger partial charge in [-0.25, -0.2) is 13.4 Å². The summed E-state index contributed by atoms with van der Waals surface area (Å²) in [5, 5.41) is 6.86. The van der Waals surface area contributed by atoms with Crippen LogP contribution < -0.4 is 5.43 Å². The molecule has 1 saturated heterocycles. The summed E-state index contributed by atoms with van der Waals surface area (Å²) in [5.41, 5.74) is 6.84. The van der Waals surface area contributed by atoms with Gasteiger partial charge in [-0.1, -0.05) is 54.8 Å². The molecule has 0 aliphatic carbocycles. The minimum absolute atomic E-state index is 0.342. The molecule has 31 heavy (non-hydrogen) atoms. The van der Waals surface area contributed by atoms with Crippen molar-refractivity contribution in [2.45, 2.75) is 37.5 Å². The highest BCUT2D eigenvalue weighted by Crippen LogP contribution is 2.27. The van der Waals surface area contributed by atoms with Gasteiger partial charge in [0.05, 0.1) is 16.8 Å². The number of thiazole rings is 1. The third kappa shape index (κ3) is 5.39. The van der Waals surface area contributed by atoms with E-state index in [9.17, 15) is 8.42 Å². The van der Waals surface area contributed by atoms with E-state index in [1.54, 1.807) is 22.7 Å². The topological polar surface area (TPSA) is 74.7 Å². The van der Waals surface area contributed by atoms with Gasteiger partial charge in [-0.3, -0.25) is 5.43 Å². The molecule has 1 aromatic heterocycles. The molecule has 0 atom stereocenters. The molecule has 1 aliphatic rings. The van der Waals surface area contributed by atoms with Gasteiger partial charge in [0, 0.05) is 24.0 Å². The van der Waals surface area contributed by atoms with E-state index in [0.717, 1.165) is 42.5 Å². The lowest BCUT2D eigenvalue weighted by Gasteiger charge is -2.19. The molecule has 4 rings (SSSR count). The molecule has 0 saturated carbocycles. The molecule has 1 fully saturated rings. The van der Waals surface area contributed by atoms with Crippen molar-refractivity contribution in [3.8, 4) is 11.3 Å². The number of aryl methyl sites for hydroxylation is 1. The van der Waals surface area contributed by atoms with E-state index in [1.807, 2.05) is 48.7 Å². The zero-order valence-electron chi connectivity index (χ0n) is 17.5. The van der Waals surface area contributed by atoms with Crippen LogP contribution >= 0.6 is 11.3 Å². The molecule has 0 unspecified atom stereocenters. The van der Waals surface area contributed by atoms with Crippen molar-refractivity contribution in [2.24, 2.45) is 5.10 Å². The normalized spacial score (nSPS) is 15.8. The van der Waals surface area contributed by atoms with E-state index in [4.69, 9.17) is 0 Å². The molecule has 162 valence electrons. The van der Waals surface area contributed by atoms with Gasteiger partial charge in [0.2, 0.25) is 15.2 Å². The predicted octanol–water partition coefficient (Wildman–Crippen LogP) is 5.13. The molecule has 2 aromatic carbocycles. The molecule has 6 nitrogen and oxygen atoms in total. The van der Waals surface area contributed by atoms with Gasteiger partial charge in [-0.2, -0.15) is 9.41 Å². The maximum absolute atomic E-state index is 12.9. The van der Waals surface area contributed by atoms with Crippen molar-refractivity contribution in [1.82, 2.24) is 9.29 Å². The highest BCUT2D eigenvalue weighted by atomic mass is 32.2. The number of sulfonamides is 1. The van der Waals surface area contributed by atoms with Crippen molar-refractivity contribution in [3.05, 3.63) is 65.0 Å². The summed E-state index contributed by atoms with van der Waals surface area (Å²) < 4.78 is 27.5. The fourth-order valence-corrected chi connectivity index (χ4v) is 5.69. The Morgan fingerprint density at radius 1 is 1.00 bits per heavy atom. The van der Waals surface area contributed by atoms with Crippen LogP contribution in [0.3, 0.4) is 0 Å². The van der Waals surface area contributed by atoms with Crippen LogP contribution in [0, 0.1) is 6.92 Å². The van der Waals surface area contributed by atoms with Gasteiger partial charge in [-0.05, 0) is 37.5 Å². The second-order valence-corrected chi connectivity index (χ2v) is 10.5. The van der Waals surface area contributed by atoms with Crippen LogP contribution in [0.25, 0.3) is 11.3 Å². The standard InChI is InChI=1S/C23H26N4O2S2/c1-18-6-8-19(9-7-18)16-24-26-23-25-22(17-30-23)20-10-12-21(13-11-20)31(28,29)27-14-4-2-3-5-15-27/h6-13,16-17H,2-5,14-15H2,1H3,(H,25,26). The minimum atomic E-state index is -3.44. The summed E-state index contributed by atoms with van der Waals surface area (Å²) in [5.74, 6) is 0. The van der Waals surface area contributed by atoms with Crippen LogP contribution in [-0.2, 0) is 10.0 Å². The third-order valence-electron chi connectivity index (χ3n) is 5.31. The number of nitrogens with zero attached hydrogens (tertiary/aromatic N) is 3. The number of hydrogen-bond donors (Lipinski definition) is 1. The molecule has 0 spiro atoms. The van der Waals surface area contributed by atoms with E-state index in [0.29, 0.717) is 23.1 Å². The number of hydrogen-bond acceptors (Lipinski definition) is 6. The second-order valence-electron chi connectivity index (χ2n) is 7.66. The lowest BCUT2D eigenvalue weighted by atomic mass is 10.2. The summed E-state index contributed by atoms with van der Waals surface area (Å²) in [4.78, 5) is 4.90. The van der Waals surface area contributed by atoms with Crippen molar-refractivity contribution in [2.75, 3.05) is 18.5 Å². The predicted molar refractivity (Wildman–Crippen MR) is 127 cm³/mol. The summed E-state index contributed by atoms with van der Waals surface area (Å²) in [6, 6.07) is 15.1. The molecule has 8 heteroatoms. The highest BCUT2D eigenvalue weighted by molar-refractivity contribution is 7.89. The van der Waals surface area contributed by atoms with Crippen LogP contribution in [0.5, 0.6) is 0 Å². The largest absolute Gasteiger partial charge is 0.253 e. The maximum Gasteiger partial charge on any atom is 0.243 e. The quantitative estimate of drug-likeness (QED) is 0.414. The second kappa shape index (κ2) is 9.72. The molecule has 0 radical (unpaired) electrons. The number of hydrazone groups is 1. The van der Waals surface area contributed by atoms with Crippen molar-refractivity contribution < 1.29 is 8.42 Å². The molecule has 0 bridgehead atoms. The van der Waals surface area contributed by atoms with Gasteiger partial charge >= 0.3 is 0 Å². The minimum Gasteiger partial charge on any atom is -0.253 e. The lowest BCUT2D eigenvalue weighted by molar-refractivity contribution is 0.424. The van der Waals surface area contributed by atoms with E-state index >= 15 is 0 Å². The van der Waals surface area contributed by atoms with Gasteiger partial charge in [0.25, 0.3) is 0 Å². The van der Waals surface area contributed by atoms with E-state index in [2.05, 4.69) is 15.5 Å². The lowest BCUT2D eigenvalue weighted by Crippen LogP contribution is -2.31. The van der Waals surface area contributed by atoms with Crippen molar-refractivity contribution in [1.29, 1.82) is 0 Å². The Kier molecular flexibility index (Phi) is 6.80. The van der Waals surface area contributed by atoms with E-state index in [-0.39, 0.29) is 0 Å². The first-order valence-electron chi connectivity index (χ1n) is 10.4. The van der Waals surface area contributed by atoms with Gasteiger partial charge < -0.3 is 0 Å². The Hall–Kier alpha value is -2.55. The first kappa shape index (κ1) is 21.7. The monoisotopic (exact) mass is 454 g/mol. The Balaban J connectivity index is 1.42. The SMILES string of the molecule is Cc1ccc(C=NNc2nc(-c3ccc(S(=O)(=O)N4CCCCCC4)cc3)cs2)cc1. The first-order chi connectivity index (χ1) is 15.0. The Bertz CT molecular complexity index is 1130. The van der Waals surface area contributed by atoms with E-state index in [1.165, 1.54) is 16.9 Å². The highest BCUT2D eigenvalue weighted by Gasteiger charge is 2.25. The molecule has 1 N–H and O–H groups in total. The summed E-state index contributed by atoms with van der Waals surface area (Å²) in [6.07, 6.45) is 5.81. The van der Waals surface area contributed by atoms with E-state index < -0.39 is 10.0 Å². The van der Waals surface area contributed by atoms with Crippen LogP contribution in [0.2, 0.25) is 0 Å². The molecule has 3 aromatic rings. The number of rotatable bonds is 6. The smallest absolute Gasteiger partial charge is 0.243 e. The molecule has 0 amide bonds. The molecular formula is C23H26N4O2S2. The van der Waals surface area contributed by atoms with Crippen LogP contribution in [0.1, 0.15) is 36.8 Å². The van der Waals surface area contributed by atoms with Crippen LogP contribution in [-0.4, -0.2) is 37.0 Å².